The molecule has 0 heterocycles. The van der Waals surface area contributed by atoms with Gasteiger partial charge in [0.25, 0.3) is 0 Å². The molecule has 0 unspecified atom stereocenters. The Balaban J connectivity index is 3.71. The maximum Gasteiger partial charge on any atom is 0.326 e. The lowest BCUT2D eigenvalue weighted by Gasteiger charge is -2.21. The van der Waals surface area contributed by atoms with Crippen molar-refractivity contribution in [1.82, 2.24) is 4.90 Å². The molecular formula is C10H17NO4S2. The summed E-state index contributed by atoms with van der Waals surface area (Å²) in [7, 11) is 4.56. The molecule has 0 radical (unpaired) electrons. The summed E-state index contributed by atoms with van der Waals surface area (Å²) in [6, 6.07) is -0.796. The van der Waals surface area contributed by atoms with E-state index in [-0.39, 0.29) is 5.91 Å². The molecule has 0 saturated heterocycles. The number of nitrogens with zero attached hydrogens (tertiary/aromatic N) is 1. The maximum atomic E-state index is 11.6. The Kier molecular flexibility index (Phi) is 8.97. The third-order valence-corrected chi connectivity index (χ3v) is 4.57. The second kappa shape index (κ2) is 9.35. The zero-order chi connectivity index (χ0) is 13.3. The second-order valence-corrected chi connectivity index (χ2v) is 6.07. The highest BCUT2D eigenvalue weighted by molar-refractivity contribution is 8.76. The van der Waals surface area contributed by atoms with E-state index in [1.54, 1.807) is 10.8 Å². The van der Waals surface area contributed by atoms with Crippen LogP contribution < -0.4 is 0 Å². The summed E-state index contributed by atoms with van der Waals surface area (Å²) in [6.45, 7) is 1.48. The highest BCUT2D eigenvalue weighted by atomic mass is 33.1. The minimum absolute atomic E-state index is 0.177. The molecule has 17 heavy (non-hydrogen) atoms. The predicted molar refractivity (Wildman–Crippen MR) is 70.1 cm³/mol. The summed E-state index contributed by atoms with van der Waals surface area (Å²) >= 11 is 0. The zero-order valence-electron chi connectivity index (χ0n) is 9.92. The quantitative estimate of drug-likeness (QED) is 0.389. The minimum Gasteiger partial charge on any atom is -0.480 e. The first-order valence-corrected chi connectivity index (χ1v) is 7.66. The molecule has 0 fully saturated rings. The first-order valence-electron chi connectivity index (χ1n) is 5.17. The fourth-order valence-corrected chi connectivity index (χ4v) is 2.83. The monoisotopic (exact) mass is 279 g/mol. The van der Waals surface area contributed by atoms with Gasteiger partial charge in [0.2, 0.25) is 5.91 Å². The van der Waals surface area contributed by atoms with Crippen LogP contribution >= 0.6 is 21.6 Å². The number of carboxylic acids is 1. The van der Waals surface area contributed by atoms with E-state index < -0.39 is 12.0 Å². The molecule has 7 heteroatoms. The lowest BCUT2D eigenvalue weighted by Crippen LogP contribution is -2.40. The molecule has 98 valence electrons. The van der Waals surface area contributed by atoms with Crippen molar-refractivity contribution >= 4 is 39.8 Å². The molecule has 5 nitrogen and oxygen atoms in total. The van der Waals surface area contributed by atoms with Gasteiger partial charge in [-0.3, -0.25) is 4.79 Å². The van der Waals surface area contributed by atoms with Crippen molar-refractivity contribution in [3.05, 3.63) is 0 Å². The Bertz CT molecular complexity index is 273. The van der Waals surface area contributed by atoms with E-state index in [4.69, 9.17) is 5.11 Å². The molecule has 0 aliphatic heterocycles. The first-order chi connectivity index (χ1) is 8.00. The van der Waals surface area contributed by atoms with E-state index in [2.05, 4.69) is 0 Å². The summed E-state index contributed by atoms with van der Waals surface area (Å²) < 4.78 is 0. The van der Waals surface area contributed by atoms with Crippen LogP contribution in [0.25, 0.3) is 0 Å². The van der Waals surface area contributed by atoms with E-state index in [0.717, 1.165) is 12.0 Å². The first kappa shape index (κ1) is 16.3. The maximum absolute atomic E-state index is 11.6. The molecule has 0 aromatic heterocycles. The molecule has 0 aromatic rings. The van der Waals surface area contributed by atoms with Gasteiger partial charge in [0.15, 0.2) is 0 Å². The fourth-order valence-electron chi connectivity index (χ4n) is 0.901. The number of carbonyl (C=O) groups is 3. The van der Waals surface area contributed by atoms with E-state index in [1.807, 2.05) is 0 Å². The SMILES string of the molecule is C[C@@H](C(=O)O)N(C)C(=O)CCSSCCC=O. The topological polar surface area (TPSA) is 74.7 Å². The van der Waals surface area contributed by atoms with Crippen molar-refractivity contribution in [2.24, 2.45) is 0 Å². The van der Waals surface area contributed by atoms with Crippen LogP contribution in [0.5, 0.6) is 0 Å². The van der Waals surface area contributed by atoms with Crippen molar-refractivity contribution in [3.63, 3.8) is 0 Å². The zero-order valence-corrected chi connectivity index (χ0v) is 11.6. The van der Waals surface area contributed by atoms with Crippen molar-refractivity contribution in [2.45, 2.75) is 25.8 Å². The predicted octanol–water partition coefficient (Wildman–Crippen LogP) is 1.28. The summed E-state index contributed by atoms with van der Waals surface area (Å²) in [5.74, 6) is 0.181. The highest BCUT2D eigenvalue weighted by Gasteiger charge is 2.20. The van der Waals surface area contributed by atoms with Crippen LogP contribution in [0.15, 0.2) is 0 Å². The van der Waals surface area contributed by atoms with Crippen molar-refractivity contribution in [2.75, 3.05) is 18.6 Å². The van der Waals surface area contributed by atoms with Gasteiger partial charge in [-0.2, -0.15) is 0 Å². The van der Waals surface area contributed by atoms with Crippen LogP contribution in [0.1, 0.15) is 19.8 Å². The number of rotatable bonds is 9. The van der Waals surface area contributed by atoms with Crippen LogP contribution in [-0.4, -0.2) is 52.8 Å². The van der Waals surface area contributed by atoms with Crippen molar-refractivity contribution < 1.29 is 19.5 Å². The van der Waals surface area contributed by atoms with Crippen LogP contribution in [0.2, 0.25) is 0 Å². The normalized spacial score (nSPS) is 11.9. The Morgan fingerprint density at radius 2 is 1.94 bits per heavy atom. The molecular weight excluding hydrogens is 262 g/mol. The molecule has 0 rings (SSSR count). The number of aldehydes is 1. The lowest BCUT2D eigenvalue weighted by molar-refractivity contribution is -0.148. The van der Waals surface area contributed by atoms with Gasteiger partial charge in [-0.05, 0) is 6.92 Å². The summed E-state index contributed by atoms with van der Waals surface area (Å²) in [5.41, 5.74) is 0. The molecule has 1 N–H and O–H groups in total. The second-order valence-electron chi connectivity index (χ2n) is 3.37. The molecule has 1 amide bonds. The van der Waals surface area contributed by atoms with E-state index >= 15 is 0 Å². The number of likely N-dealkylation sites (N-methyl/N-ethyl adjacent to an activating group) is 1. The smallest absolute Gasteiger partial charge is 0.326 e. The highest BCUT2D eigenvalue weighted by Crippen LogP contribution is 2.22. The lowest BCUT2D eigenvalue weighted by atomic mass is 10.3. The molecule has 0 saturated carbocycles. The van der Waals surface area contributed by atoms with Gasteiger partial charge in [-0.25, -0.2) is 4.79 Å². The van der Waals surface area contributed by atoms with Gasteiger partial charge in [0.05, 0.1) is 0 Å². The number of hydrogen-bond acceptors (Lipinski definition) is 5. The summed E-state index contributed by atoms with van der Waals surface area (Å²) in [5, 5.41) is 8.73. The average Bonchev–Trinajstić information content (AvgIpc) is 2.31. The third-order valence-electron chi connectivity index (χ3n) is 2.13. The van der Waals surface area contributed by atoms with Crippen LogP contribution in [-0.2, 0) is 14.4 Å². The van der Waals surface area contributed by atoms with Crippen LogP contribution in [0.3, 0.4) is 0 Å². The van der Waals surface area contributed by atoms with Gasteiger partial charge in [0.1, 0.15) is 12.3 Å². The van der Waals surface area contributed by atoms with Gasteiger partial charge < -0.3 is 14.8 Å². The van der Waals surface area contributed by atoms with Crippen molar-refractivity contribution in [1.29, 1.82) is 0 Å². The minimum atomic E-state index is -1.01. The Morgan fingerprint density at radius 1 is 1.35 bits per heavy atom. The number of carboxylic acid groups (broad SMARTS) is 1. The van der Waals surface area contributed by atoms with E-state index in [1.165, 1.54) is 29.7 Å². The summed E-state index contributed by atoms with van der Waals surface area (Å²) in [4.78, 5) is 33.5. The van der Waals surface area contributed by atoms with Crippen LogP contribution in [0.4, 0.5) is 0 Å². The molecule has 0 spiro atoms. The Morgan fingerprint density at radius 3 is 2.47 bits per heavy atom. The van der Waals surface area contributed by atoms with Crippen molar-refractivity contribution in [3.8, 4) is 0 Å². The van der Waals surface area contributed by atoms with E-state index in [9.17, 15) is 14.4 Å². The van der Waals surface area contributed by atoms with Gasteiger partial charge in [-0.15, -0.1) is 0 Å². The average molecular weight is 279 g/mol. The number of hydrogen-bond donors (Lipinski definition) is 1. The van der Waals surface area contributed by atoms with E-state index in [0.29, 0.717) is 18.6 Å². The largest absolute Gasteiger partial charge is 0.480 e. The number of amides is 1. The summed E-state index contributed by atoms with van der Waals surface area (Å²) in [6.07, 6.45) is 1.69. The Hall–Kier alpha value is -0.690. The van der Waals surface area contributed by atoms with Crippen LogP contribution in [0, 0.1) is 0 Å². The molecule has 0 aliphatic carbocycles. The van der Waals surface area contributed by atoms with Gasteiger partial charge >= 0.3 is 5.97 Å². The molecule has 1 atom stereocenters. The fraction of sp³-hybridized carbons (Fsp3) is 0.700. The molecule has 0 aliphatic rings. The van der Waals surface area contributed by atoms with Gasteiger partial charge in [0, 0.05) is 31.4 Å². The number of aliphatic carboxylic acids is 1. The van der Waals surface area contributed by atoms with Gasteiger partial charge in [-0.1, -0.05) is 21.6 Å². The number of carbonyl (C=O) groups excluding carboxylic acids is 2. The third kappa shape index (κ3) is 7.27. The standard InChI is InChI=1S/C10H17NO4S2/c1-8(10(14)15)11(2)9(13)4-7-17-16-6-3-5-12/h5,8H,3-4,6-7H2,1-2H3,(H,14,15)/t8-/m0/s1. The molecule has 0 bridgehead atoms. The Labute approximate surface area is 109 Å². The molecule has 0 aromatic carbocycles.